The van der Waals surface area contributed by atoms with E-state index in [0.29, 0.717) is 26.2 Å². The number of aromatic nitrogens is 1. The first-order valence-electron chi connectivity index (χ1n) is 9.61. The number of anilines is 1. The first-order valence-corrected chi connectivity index (χ1v) is 9.61. The van der Waals surface area contributed by atoms with Gasteiger partial charge in [-0.25, -0.2) is 0 Å². The van der Waals surface area contributed by atoms with Gasteiger partial charge in [0.2, 0.25) is 0 Å². The fourth-order valence-corrected chi connectivity index (χ4v) is 3.77. The van der Waals surface area contributed by atoms with Crippen LogP contribution in [0.5, 0.6) is 0 Å². The number of hydrogen-bond acceptors (Lipinski definition) is 3. The van der Waals surface area contributed by atoms with Gasteiger partial charge in [0, 0.05) is 55.6 Å². The molecule has 0 aliphatic carbocycles. The van der Waals surface area contributed by atoms with Crippen molar-refractivity contribution in [3.05, 3.63) is 71.9 Å². The van der Waals surface area contributed by atoms with Crippen LogP contribution in [-0.4, -0.2) is 42.2 Å². The number of rotatable bonds is 4. The van der Waals surface area contributed by atoms with Crippen molar-refractivity contribution in [2.24, 2.45) is 0 Å². The number of nitrogens with zero attached hydrogens (tertiary/aromatic N) is 3. The zero-order chi connectivity index (χ0) is 21.4. The summed E-state index contributed by atoms with van der Waals surface area (Å²) in [6.45, 7) is 2.47. The van der Waals surface area contributed by atoms with Crippen LogP contribution in [0.15, 0.2) is 60.8 Å². The Labute approximate surface area is 170 Å². The summed E-state index contributed by atoms with van der Waals surface area (Å²) >= 11 is 0. The van der Waals surface area contributed by atoms with Crippen LogP contribution >= 0.6 is 0 Å². The van der Waals surface area contributed by atoms with Crippen LogP contribution in [0.1, 0.15) is 11.1 Å². The molecule has 8 heteroatoms. The van der Waals surface area contributed by atoms with Gasteiger partial charge in [0.1, 0.15) is 0 Å². The second kappa shape index (κ2) is 7.83. The Balaban J connectivity index is 1.45. The Kier molecular flexibility index (Phi) is 5.36. The Morgan fingerprint density at radius 1 is 0.833 bits per heavy atom. The summed E-state index contributed by atoms with van der Waals surface area (Å²) in [6, 6.07) is 14.8. The van der Waals surface area contributed by atoms with Crippen LogP contribution in [0.25, 0.3) is 10.9 Å². The van der Waals surface area contributed by atoms with Gasteiger partial charge in [-0.2, -0.15) is 22.0 Å². The fourth-order valence-electron chi connectivity index (χ4n) is 3.77. The predicted octanol–water partition coefficient (Wildman–Crippen LogP) is 5.21. The van der Waals surface area contributed by atoms with E-state index < -0.39 is 17.7 Å². The van der Waals surface area contributed by atoms with E-state index in [1.54, 1.807) is 6.20 Å². The highest BCUT2D eigenvalue weighted by molar-refractivity contribution is 5.82. The monoisotopic (exact) mass is 421 g/mol. The summed E-state index contributed by atoms with van der Waals surface area (Å²) in [5, 5.41) is 1.04. The molecule has 0 amide bonds. The van der Waals surface area contributed by atoms with Crippen LogP contribution in [-0.2, 0) is 12.5 Å². The summed E-state index contributed by atoms with van der Waals surface area (Å²) in [6.07, 6.45) is -3.88. The predicted molar refractivity (Wildman–Crippen MR) is 106 cm³/mol. The molecule has 2 aromatic carbocycles. The van der Waals surface area contributed by atoms with Crippen LogP contribution in [0.3, 0.4) is 0 Å². The van der Waals surface area contributed by atoms with E-state index in [-0.39, 0.29) is 12.1 Å². The SMILES string of the molecule is FC(F)(F)C(F)(F)c1ccccc1CN1CCN(c2ccc3cccnc3c2)CC1. The maximum Gasteiger partial charge on any atom is 0.458 e. The number of benzene rings is 2. The third kappa shape index (κ3) is 3.96. The van der Waals surface area contributed by atoms with Crippen LogP contribution in [0.2, 0.25) is 0 Å². The minimum Gasteiger partial charge on any atom is -0.369 e. The number of pyridine rings is 1. The molecule has 1 fully saturated rings. The van der Waals surface area contributed by atoms with Crippen LogP contribution in [0.4, 0.5) is 27.6 Å². The van der Waals surface area contributed by atoms with Gasteiger partial charge in [-0.1, -0.05) is 36.4 Å². The van der Waals surface area contributed by atoms with Gasteiger partial charge in [0.05, 0.1) is 5.52 Å². The van der Waals surface area contributed by atoms with Crippen LogP contribution < -0.4 is 4.90 Å². The second-order valence-corrected chi connectivity index (χ2v) is 7.37. The number of hydrogen-bond donors (Lipinski definition) is 0. The Morgan fingerprint density at radius 3 is 2.30 bits per heavy atom. The highest BCUT2D eigenvalue weighted by Gasteiger charge is 2.59. The fraction of sp³-hybridized carbons (Fsp3) is 0.318. The van der Waals surface area contributed by atoms with Crippen molar-refractivity contribution in [3.8, 4) is 0 Å². The number of piperazine rings is 1. The van der Waals surface area contributed by atoms with Gasteiger partial charge in [-0.3, -0.25) is 9.88 Å². The lowest BCUT2D eigenvalue weighted by atomic mass is 10.0. The molecule has 30 heavy (non-hydrogen) atoms. The number of fused-ring (bicyclic) bond motifs is 1. The number of halogens is 5. The Morgan fingerprint density at radius 2 is 1.57 bits per heavy atom. The first kappa shape index (κ1) is 20.5. The summed E-state index contributed by atoms with van der Waals surface area (Å²) < 4.78 is 66.4. The molecule has 0 saturated carbocycles. The van der Waals surface area contributed by atoms with E-state index in [1.165, 1.54) is 18.2 Å². The largest absolute Gasteiger partial charge is 0.458 e. The van der Waals surface area contributed by atoms with Gasteiger partial charge < -0.3 is 4.90 Å². The molecular weight excluding hydrogens is 401 g/mol. The molecule has 0 N–H and O–H groups in total. The minimum absolute atomic E-state index is 0.00294. The molecule has 3 nitrogen and oxygen atoms in total. The zero-order valence-electron chi connectivity index (χ0n) is 16.0. The summed E-state index contributed by atoms with van der Waals surface area (Å²) in [5.74, 6) is -4.87. The molecule has 158 valence electrons. The molecule has 1 aliphatic rings. The van der Waals surface area contributed by atoms with E-state index in [4.69, 9.17) is 0 Å². The van der Waals surface area contributed by atoms with Crippen molar-refractivity contribution in [1.82, 2.24) is 9.88 Å². The quantitative estimate of drug-likeness (QED) is 0.539. The third-order valence-electron chi connectivity index (χ3n) is 5.43. The molecule has 0 radical (unpaired) electrons. The Bertz CT molecular complexity index is 1030. The van der Waals surface area contributed by atoms with E-state index in [9.17, 15) is 22.0 Å². The van der Waals surface area contributed by atoms with Gasteiger partial charge >= 0.3 is 12.1 Å². The molecule has 2 heterocycles. The van der Waals surface area contributed by atoms with Crippen LogP contribution in [0, 0.1) is 0 Å². The van der Waals surface area contributed by atoms with E-state index in [1.807, 2.05) is 35.2 Å². The van der Waals surface area contributed by atoms with Crippen molar-refractivity contribution in [2.75, 3.05) is 31.1 Å². The number of alkyl halides is 5. The maximum atomic E-state index is 13.9. The maximum absolute atomic E-state index is 13.9. The van der Waals surface area contributed by atoms with Gasteiger partial charge in [-0.15, -0.1) is 0 Å². The average molecular weight is 421 g/mol. The first-order chi connectivity index (χ1) is 14.3. The van der Waals surface area contributed by atoms with Crippen molar-refractivity contribution in [3.63, 3.8) is 0 Å². The molecule has 0 unspecified atom stereocenters. The molecule has 3 aromatic rings. The normalized spacial score (nSPS) is 16.2. The summed E-state index contributed by atoms with van der Waals surface area (Å²) in [7, 11) is 0. The van der Waals surface area contributed by atoms with Crippen molar-refractivity contribution in [2.45, 2.75) is 18.6 Å². The van der Waals surface area contributed by atoms with Crippen molar-refractivity contribution >= 4 is 16.6 Å². The van der Waals surface area contributed by atoms with E-state index in [0.717, 1.165) is 22.7 Å². The average Bonchev–Trinajstić information content (AvgIpc) is 2.73. The molecule has 0 spiro atoms. The minimum atomic E-state index is -5.62. The molecule has 1 aromatic heterocycles. The molecule has 4 rings (SSSR count). The van der Waals surface area contributed by atoms with E-state index >= 15 is 0 Å². The molecular formula is C22H20F5N3. The topological polar surface area (TPSA) is 19.4 Å². The van der Waals surface area contributed by atoms with E-state index in [2.05, 4.69) is 9.88 Å². The smallest absolute Gasteiger partial charge is 0.369 e. The summed E-state index contributed by atoms with van der Waals surface area (Å²) in [5.41, 5.74) is 0.939. The van der Waals surface area contributed by atoms with Gasteiger partial charge in [0.25, 0.3) is 0 Å². The highest BCUT2D eigenvalue weighted by Crippen LogP contribution is 2.45. The zero-order valence-corrected chi connectivity index (χ0v) is 16.0. The molecule has 0 atom stereocenters. The standard InChI is InChI=1S/C22H20F5N3/c23-21(24,22(25,26)27)19-6-2-1-4-17(19)15-29-10-12-30(13-11-29)18-8-7-16-5-3-9-28-20(16)14-18/h1-9,14H,10-13,15H2. The van der Waals surface area contributed by atoms with Crippen molar-refractivity contribution < 1.29 is 22.0 Å². The lowest BCUT2D eigenvalue weighted by molar-refractivity contribution is -0.289. The molecule has 1 saturated heterocycles. The molecule has 1 aliphatic heterocycles. The van der Waals surface area contributed by atoms with Crippen molar-refractivity contribution in [1.29, 1.82) is 0 Å². The third-order valence-corrected chi connectivity index (χ3v) is 5.43. The highest BCUT2D eigenvalue weighted by atomic mass is 19.4. The van der Waals surface area contributed by atoms with Gasteiger partial charge in [-0.05, 0) is 23.8 Å². The summed E-state index contributed by atoms with van der Waals surface area (Å²) in [4.78, 5) is 8.43. The Hall–Kier alpha value is -2.74. The van der Waals surface area contributed by atoms with Gasteiger partial charge in [0.15, 0.2) is 0 Å². The second-order valence-electron chi connectivity index (χ2n) is 7.37. The lowest BCUT2D eigenvalue weighted by Gasteiger charge is -2.36. The lowest BCUT2D eigenvalue weighted by Crippen LogP contribution is -2.46. The molecule has 0 bridgehead atoms.